The normalized spacial score (nSPS) is 18.4. The Bertz CT molecular complexity index is 185. The second kappa shape index (κ2) is 6.61. The number of unbranched alkanes of at least 4 members (excludes halogenated alkanes) is 2. The van der Waals surface area contributed by atoms with Crippen molar-refractivity contribution in [2.75, 3.05) is 19.6 Å². The molecule has 0 spiro atoms. The van der Waals surface area contributed by atoms with Gasteiger partial charge < -0.3 is 10.6 Å². The summed E-state index contributed by atoms with van der Waals surface area (Å²) in [5.74, 6) is 0. The molecular formula is C14H30N2. The first kappa shape index (κ1) is 14.0. The van der Waals surface area contributed by atoms with Crippen LogP contribution in [0.1, 0.15) is 59.3 Å². The summed E-state index contributed by atoms with van der Waals surface area (Å²) < 4.78 is 0. The van der Waals surface area contributed by atoms with Gasteiger partial charge in [0.1, 0.15) is 0 Å². The van der Waals surface area contributed by atoms with Gasteiger partial charge in [-0.2, -0.15) is 0 Å². The molecule has 0 heterocycles. The highest BCUT2D eigenvalue weighted by Crippen LogP contribution is 2.49. The highest BCUT2D eigenvalue weighted by Gasteiger charge is 2.42. The van der Waals surface area contributed by atoms with Crippen molar-refractivity contribution in [3.8, 4) is 0 Å². The summed E-state index contributed by atoms with van der Waals surface area (Å²) in [6.07, 6.45) is 8.08. The molecule has 1 aliphatic rings. The predicted octanol–water partition coefficient (Wildman–Crippen LogP) is 3.02. The molecule has 1 fully saturated rings. The van der Waals surface area contributed by atoms with Crippen LogP contribution in [0.2, 0.25) is 0 Å². The minimum atomic E-state index is 0.602. The molecule has 1 rings (SSSR count). The molecule has 1 saturated carbocycles. The van der Waals surface area contributed by atoms with Crippen LogP contribution in [0.15, 0.2) is 0 Å². The van der Waals surface area contributed by atoms with Crippen molar-refractivity contribution < 1.29 is 0 Å². The van der Waals surface area contributed by atoms with Gasteiger partial charge in [0, 0.05) is 12.6 Å². The molecule has 96 valence electrons. The lowest BCUT2D eigenvalue weighted by molar-refractivity contribution is 0.170. The Kier molecular flexibility index (Phi) is 5.77. The maximum Gasteiger partial charge on any atom is 0.00412 e. The maximum absolute atomic E-state index is 5.71. The SMILES string of the molecule is CCCCCN(CC1(CCN)CC1)C(C)C. The van der Waals surface area contributed by atoms with Gasteiger partial charge >= 0.3 is 0 Å². The molecule has 0 saturated heterocycles. The zero-order chi connectivity index (χ0) is 12.0. The van der Waals surface area contributed by atoms with Crippen molar-refractivity contribution in [3.63, 3.8) is 0 Å². The highest BCUT2D eigenvalue weighted by atomic mass is 15.2. The summed E-state index contributed by atoms with van der Waals surface area (Å²) in [6.45, 7) is 10.3. The standard InChI is InChI=1S/C14H30N2/c1-4-5-6-11-16(13(2)3)12-14(7-8-14)9-10-15/h13H,4-12,15H2,1-3H3. The molecule has 2 nitrogen and oxygen atoms in total. The molecule has 0 amide bonds. The molecule has 0 bridgehead atoms. The quantitative estimate of drug-likeness (QED) is 0.612. The fraction of sp³-hybridized carbons (Fsp3) is 1.00. The van der Waals surface area contributed by atoms with Crippen LogP contribution < -0.4 is 5.73 Å². The average molecular weight is 226 g/mol. The van der Waals surface area contributed by atoms with Crippen LogP contribution >= 0.6 is 0 Å². The summed E-state index contributed by atoms with van der Waals surface area (Å²) >= 11 is 0. The molecule has 0 atom stereocenters. The van der Waals surface area contributed by atoms with Crippen LogP contribution in [0.5, 0.6) is 0 Å². The van der Waals surface area contributed by atoms with E-state index in [0.29, 0.717) is 11.5 Å². The molecule has 0 aromatic rings. The van der Waals surface area contributed by atoms with E-state index < -0.39 is 0 Å². The maximum atomic E-state index is 5.71. The summed E-state index contributed by atoms with van der Waals surface area (Å²) in [5, 5.41) is 0. The third-order valence-corrected chi connectivity index (χ3v) is 3.95. The summed E-state index contributed by atoms with van der Waals surface area (Å²) in [5.41, 5.74) is 6.31. The highest BCUT2D eigenvalue weighted by molar-refractivity contribution is 4.96. The van der Waals surface area contributed by atoms with Crippen LogP contribution in [-0.4, -0.2) is 30.6 Å². The van der Waals surface area contributed by atoms with Gasteiger partial charge in [-0.25, -0.2) is 0 Å². The lowest BCUT2D eigenvalue weighted by Gasteiger charge is -2.30. The van der Waals surface area contributed by atoms with Gasteiger partial charge in [0.15, 0.2) is 0 Å². The number of rotatable bonds is 9. The smallest absolute Gasteiger partial charge is 0.00412 e. The van der Waals surface area contributed by atoms with Crippen LogP contribution in [0, 0.1) is 5.41 Å². The Balaban J connectivity index is 2.33. The van der Waals surface area contributed by atoms with E-state index >= 15 is 0 Å². The van der Waals surface area contributed by atoms with E-state index in [1.54, 1.807) is 0 Å². The zero-order valence-electron chi connectivity index (χ0n) is 11.5. The molecular weight excluding hydrogens is 196 g/mol. The summed E-state index contributed by atoms with van der Waals surface area (Å²) in [4.78, 5) is 2.66. The molecule has 16 heavy (non-hydrogen) atoms. The van der Waals surface area contributed by atoms with Crippen LogP contribution in [0.4, 0.5) is 0 Å². The molecule has 1 aliphatic carbocycles. The topological polar surface area (TPSA) is 29.3 Å². The average Bonchev–Trinajstić information content (AvgIpc) is 2.97. The first-order valence-electron chi connectivity index (χ1n) is 7.07. The minimum Gasteiger partial charge on any atom is -0.330 e. The molecule has 0 radical (unpaired) electrons. The molecule has 0 aromatic carbocycles. The van der Waals surface area contributed by atoms with E-state index in [1.807, 2.05) is 0 Å². The molecule has 2 N–H and O–H groups in total. The van der Waals surface area contributed by atoms with Crippen LogP contribution in [0.3, 0.4) is 0 Å². The van der Waals surface area contributed by atoms with E-state index in [2.05, 4.69) is 25.7 Å². The van der Waals surface area contributed by atoms with Crippen molar-refractivity contribution in [3.05, 3.63) is 0 Å². The number of nitrogens with two attached hydrogens (primary N) is 1. The van der Waals surface area contributed by atoms with Gasteiger partial charge in [0.25, 0.3) is 0 Å². The third kappa shape index (κ3) is 4.42. The summed E-state index contributed by atoms with van der Waals surface area (Å²) in [7, 11) is 0. The predicted molar refractivity (Wildman–Crippen MR) is 71.6 cm³/mol. The van der Waals surface area contributed by atoms with E-state index in [-0.39, 0.29) is 0 Å². The van der Waals surface area contributed by atoms with E-state index in [1.165, 1.54) is 51.6 Å². The van der Waals surface area contributed by atoms with Crippen molar-refractivity contribution >= 4 is 0 Å². The Morgan fingerprint density at radius 1 is 1.25 bits per heavy atom. The number of nitrogens with zero attached hydrogens (tertiary/aromatic N) is 1. The Morgan fingerprint density at radius 2 is 1.94 bits per heavy atom. The van der Waals surface area contributed by atoms with Gasteiger partial charge in [-0.1, -0.05) is 19.8 Å². The molecule has 0 aromatic heterocycles. The minimum absolute atomic E-state index is 0.602. The Labute approximate surface area is 102 Å². The zero-order valence-corrected chi connectivity index (χ0v) is 11.5. The lowest BCUT2D eigenvalue weighted by atomic mass is 10.0. The van der Waals surface area contributed by atoms with Crippen molar-refractivity contribution in [2.24, 2.45) is 11.1 Å². The summed E-state index contributed by atoms with van der Waals surface area (Å²) in [6, 6.07) is 0.687. The van der Waals surface area contributed by atoms with Gasteiger partial charge in [-0.15, -0.1) is 0 Å². The van der Waals surface area contributed by atoms with Crippen molar-refractivity contribution in [1.29, 1.82) is 0 Å². The van der Waals surface area contributed by atoms with Gasteiger partial charge in [0.05, 0.1) is 0 Å². The van der Waals surface area contributed by atoms with Crippen molar-refractivity contribution in [1.82, 2.24) is 4.90 Å². The number of hydrogen-bond donors (Lipinski definition) is 1. The Hall–Kier alpha value is -0.0800. The largest absolute Gasteiger partial charge is 0.330 e. The number of hydrogen-bond acceptors (Lipinski definition) is 2. The second-order valence-electron chi connectivity index (χ2n) is 5.81. The fourth-order valence-corrected chi connectivity index (χ4v) is 2.49. The molecule has 2 heteroatoms. The van der Waals surface area contributed by atoms with Crippen LogP contribution in [0.25, 0.3) is 0 Å². The van der Waals surface area contributed by atoms with E-state index in [4.69, 9.17) is 5.73 Å². The lowest BCUT2D eigenvalue weighted by Crippen LogP contribution is -2.37. The van der Waals surface area contributed by atoms with Crippen LogP contribution in [-0.2, 0) is 0 Å². The van der Waals surface area contributed by atoms with Gasteiger partial charge in [-0.05, 0) is 58.0 Å². The fourth-order valence-electron chi connectivity index (χ4n) is 2.49. The second-order valence-corrected chi connectivity index (χ2v) is 5.81. The van der Waals surface area contributed by atoms with Gasteiger partial charge in [0.2, 0.25) is 0 Å². The Morgan fingerprint density at radius 3 is 2.38 bits per heavy atom. The van der Waals surface area contributed by atoms with Gasteiger partial charge in [-0.3, -0.25) is 0 Å². The molecule has 0 aliphatic heterocycles. The monoisotopic (exact) mass is 226 g/mol. The molecule has 0 unspecified atom stereocenters. The van der Waals surface area contributed by atoms with E-state index in [0.717, 1.165) is 6.54 Å². The third-order valence-electron chi connectivity index (χ3n) is 3.95. The van der Waals surface area contributed by atoms with E-state index in [9.17, 15) is 0 Å². The first-order valence-corrected chi connectivity index (χ1v) is 7.07. The first-order chi connectivity index (χ1) is 7.63. The van der Waals surface area contributed by atoms with Crippen molar-refractivity contribution in [2.45, 2.75) is 65.3 Å².